The lowest BCUT2D eigenvalue weighted by Crippen LogP contribution is -2.47. The van der Waals surface area contributed by atoms with E-state index >= 15 is 0 Å². The number of hydrogen-bond acceptors (Lipinski definition) is 5. The molecule has 4 N–H and O–H groups in total. The normalized spacial score (nSPS) is 20.0. The number of rotatable bonds is 9. The molecule has 2 aliphatic rings. The SMILES string of the molecule is CC(C)C(=N)NC(=O)N1CCC([C@H](C)CCOc2ccc([C@H](C)[C@H](N)C(=O)N3CCC(F)(F)C3)c(F)c2)CC1. The monoisotopic (exact) mass is 553 g/mol. The summed E-state index contributed by atoms with van der Waals surface area (Å²) in [6.45, 7) is 8.47. The van der Waals surface area contributed by atoms with E-state index in [9.17, 15) is 22.8 Å². The molecule has 1 aromatic rings. The molecule has 11 heteroatoms. The van der Waals surface area contributed by atoms with Crippen LogP contribution in [0.3, 0.4) is 0 Å². The van der Waals surface area contributed by atoms with Crippen molar-refractivity contribution in [3.05, 3.63) is 29.6 Å². The summed E-state index contributed by atoms with van der Waals surface area (Å²) in [4.78, 5) is 27.7. The van der Waals surface area contributed by atoms with Crippen molar-refractivity contribution in [2.75, 3.05) is 32.8 Å². The zero-order valence-electron chi connectivity index (χ0n) is 23.3. The molecule has 0 aliphatic carbocycles. The van der Waals surface area contributed by atoms with Gasteiger partial charge in [-0.2, -0.15) is 0 Å². The number of nitrogens with one attached hydrogen (secondary N) is 2. The van der Waals surface area contributed by atoms with Gasteiger partial charge in [0.25, 0.3) is 5.92 Å². The first-order valence-electron chi connectivity index (χ1n) is 13.8. The Labute approximate surface area is 228 Å². The third-order valence-electron chi connectivity index (χ3n) is 8.06. The number of amidine groups is 1. The van der Waals surface area contributed by atoms with Gasteiger partial charge in [-0.15, -0.1) is 0 Å². The Morgan fingerprint density at radius 3 is 2.38 bits per heavy atom. The first kappa shape index (κ1) is 30.7. The van der Waals surface area contributed by atoms with Gasteiger partial charge in [-0.3, -0.25) is 15.5 Å². The van der Waals surface area contributed by atoms with Crippen molar-refractivity contribution < 1.29 is 27.5 Å². The molecule has 8 nitrogen and oxygen atoms in total. The zero-order chi connectivity index (χ0) is 28.9. The fourth-order valence-electron chi connectivity index (χ4n) is 5.12. The van der Waals surface area contributed by atoms with E-state index in [4.69, 9.17) is 15.9 Å². The van der Waals surface area contributed by atoms with Gasteiger partial charge in [0.05, 0.1) is 19.2 Å². The van der Waals surface area contributed by atoms with Crippen LogP contribution in [0.4, 0.5) is 18.0 Å². The molecule has 2 fully saturated rings. The molecule has 3 amide bonds. The molecule has 0 radical (unpaired) electrons. The van der Waals surface area contributed by atoms with Gasteiger partial charge in [0.2, 0.25) is 5.91 Å². The number of benzene rings is 1. The number of nitrogens with zero attached hydrogens (tertiary/aromatic N) is 2. The summed E-state index contributed by atoms with van der Waals surface area (Å²) in [5.41, 5.74) is 6.28. The second-order valence-corrected chi connectivity index (χ2v) is 11.3. The minimum atomic E-state index is -2.91. The average Bonchev–Trinajstić information content (AvgIpc) is 3.26. The molecule has 0 saturated carbocycles. The van der Waals surface area contributed by atoms with Crippen molar-refractivity contribution in [2.45, 2.75) is 71.3 Å². The predicted molar refractivity (Wildman–Crippen MR) is 144 cm³/mol. The van der Waals surface area contributed by atoms with Crippen molar-refractivity contribution in [1.82, 2.24) is 15.1 Å². The Bertz CT molecular complexity index is 1030. The maximum absolute atomic E-state index is 14.9. The predicted octanol–water partition coefficient (Wildman–Crippen LogP) is 4.58. The van der Waals surface area contributed by atoms with Gasteiger partial charge in [-0.05, 0) is 42.7 Å². The lowest BCUT2D eigenvalue weighted by atomic mass is 9.84. The van der Waals surface area contributed by atoms with Crippen molar-refractivity contribution in [1.29, 1.82) is 5.41 Å². The lowest BCUT2D eigenvalue weighted by molar-refractivity contribution is -0.133. The molecule has 2 aliphatic heterocycles. The van der Waals surface area contributed by atoms with E-state index in [-0.39, 0.29) is 36.3 Å². The highest BCUT2D eigenvalue weighted by Crippen LogP contribution is 2.31. The van der Waals surface area contributed by atoms with E-state index in [0.717, 1.165) is 24.2 Å². The Morgan fingerprint density at radius 2 is 1.82 bits per heavy atom. The van der Waals surface area contributed by atoms with Crippen LogP contribution in [0.25, 0.3) is 0 Å². The van der Waals surface area contributed by atoms with E-state index in [1.807, 2.05) is 13.8 Å². The number of urea groups is 1. The minimum absolute atomic E-state index is 0.0283. The summed E-state index contributed by atoms with van der Waals surface area (Å²) in [5, 5.41) is 10.5. The number of alkyl halides is 2. The smallest absolute Gasteiger partial charge is 0.322 e. The molecular weight excluding hydrogens is 511 g/mol. The Kier molecular flexibility index (Phi) is 10.3. The van der Waals surface area contributed by atoms with E-state index in [2.05, 4.69) is 12.2 Å². The number of halogens is 3. The molecule has 0 spiro atoms. The van der Waals surface area contributed by atoms with E-state index in [1.165, 1.54) is 12.1 Å². The van der Waals surface area contributed by atoms with Crippen LogP contribution in [0.2, 0.25) is 0 Å². The lowest BCUT2D eigenvalue weighted by Gasteiger charge is -2.35. The molecule has 2 saturated heterocycles. The summed E-state index contributed by atoms with van der Waals surface area (Å²) >= 11 is 0. The minimum Gasteiger partial charge on any atom is -0.493 e. The maximum Gasteiger partial charge on any atom is 0.322 e. The van der Waals surface area contributed by atoms with Crippen molar-refractivity contribution in [3.63, 3.8) is 0 Å². The van der Waals surface area contributed by atoms with E-state index < -0.39 is 36.2 Å². The fourth-order valence-corrected chi connectivity index (χ4v) is 5.12. The second kappa shape index (κ2) is 13.0. The number of carbonyl (C=O) groups is 2. The topological polar surface area (TPSA) is 112 Å². The summed E-state index contributed by atoms with van der Waals surface area (Å²) < 4.78 is 47.7. The Balaban J connectivity index is 1.44. The Morgan fingerprint density at radius 1 is 1.15 bits per heavy atom. The highest BCUT2D eigenvalue weighted by molar-refractivity contribution is 5.96. The first-order chi connectivity index (χ1) is 18.3. The number of hydrogen-bond donors (Lipinski definition) is 3. The van der Waals surface area contributed by atoms with Crippen LogP contribution >= 0.6 is 0 Å². The van der Waals surface area contributed by atoms with Gasteiger partial charge in [0, 0.05) is 44.0 Å². The molecule has 3 atom stereocenters. The van der Waals surface area contributed by atoms with E-state index in [1.54, 1.807) is 17.9 Å². The molecular formula is C28H42F3N5O3. The molecule has 2 heterocycles. The third kappa shape index (κ3) is 8.09. The Hall–Kier alpha value is -2.82. The molecule has 0 aromatic heterocycles. The van der Waals surface area contributed by atoms with Crippen LogP contribution in [0.5, 0.6) is 5.75 Å². The third-order valence-corrected chi connectivity index (χ3v) is 8.06. The highest BCUT2D eigenvalue weighted by Gasteiger charge is 2.42. The standard InChI is InChI=1S/C28H42F3N5O3/c1-17(2)25(33)34-27(38)35-11-7-20(8-12-35)18(3)9-14-39-21-5-6-22(23(29)15-21)19(4)24(32)26(37)36-13-10-28(30,31)16-36/h5-6,15,17-20,24H,7-14,16,32H2,1-4H3,(H2,33,34,38)/t18-,19+,24+/m1/s1. The quantitative estimate of drug-likeness (QED) is 0.307. The van der Waals surface area contributed by atoms with Gasteiger partial charge < -0.3 is 20.3 Å². The van der Waals surface area contributed by atoms with Gasteiger partial charge in [-0.25, -0.2) is 18.0 Å². The molecule has 1 aromatic carbocycles. The number of nitrogens with two attached hydrogens (primary N) is 1. The fraction of sp³-hybridized carbons (Fsp3) is 0.679. The van der Waals surface area contributed by atoms with Gasteiger partial charge >= 0.3 is 6.03 Å². The number of piperidine rings is 1. The summed E-state index contributed by atoms with van der Waals surface area (Å²) in [7, 11) is 0. The van der Waals surface area contributed by atoms with Crippen molar-refractivity contribution in [3.8, 4) is 5.75 Å². The molecule has 0 bridgehead atoms. The number of ether oxygens (including phenoxy) is 1. The number of likely N-dealkylation sites (tertiary alicyclic amines) is 2. The molecule has 39 heavy (non-hydrogen) atoms. The summed E-state index contributed by atoms with van der Waals surface area (Å²) in [6, 6.07) is 3.09. The van der Waals surface area contributed by atoms with Crippen molar-refractivity contribution in [2.24, 2.45) is 23.5 Å². The number of amides is 3. The highest BCUT2D eigenvalue weighted by atomic mass is 19.3. The van der Waals surface area contributed by atoms with Gasteiger partial charge in [0.1, 0.15) is 17.4 Å². The first-order valence-corrected chi connectivity index (χ1v) is 13.8. The van der Waals surface area contributed by atoms with Gasteiger partial charge in [0.15, 0.2) is 0 Å². The molecule has 218 valence electrons. The zero-order valence-corrected chi connectivity index (χ0v) is 23.3. The second-order valence-electron chi connectivity index (χ2n) is 11.3. The van der Waals surface area contributed by atoms with Crippen molar-refractivity contribution >= 4 is 17.8 Å². The van der Waals surface area contributed by atoms with Crippen LogP contribution in [0.1, 0.15) is 64.9 Å². The maximum atomic E-state index is 14.9. The molecule has 0 unspecified atom stereocenters. The number of carbonyl (C=O) groups excluding carboxylic acids is 2. The van der Waals surface area contributed by atoms with Crippen LogP contribution in [0.15, 0.2) is 18.2 Å². The molecule has 3 rings (SSSR count). The average molecular weight is 554 g/mol. The summed E-state index contributed by atoms with van der Waals surface area (Å²) in [6.07, 6.45) is 2.13. The summed E-state index contributed by atoms with van der Waals surface area (Å²) in [5.74, 6) is -3.40. The van der Waals surface area contributed by atoms with Crippen LogP contribution < -0.4 is 15.8 Å². The van der Waals surface area contributed by atoms with Crippen LogP contribution in [-0.2, 0) is 4.79 Å². The van der Waals surface area contributed by atoms with E-state index in [0.29, 0.717) is 37.3 Å². The van der Waals surface area contributed by atoms with Crippen LogP contribution in [-0.4, -0.2) is 72.3 Å². The van der Waals surface area contributed by atoms with Gasteiger partial charge in [-0.1, -0.05) is 33.8 Å². The van der Waals surface area contributed by atoms with Crippen LogP contribution in [0, 0.1) is 29.0 Å². The largest absolute Gasteiger partial charge is 0.493 e.